The summed E-state index contributed by atoms with van der Waals surface area (Å²) in [6.45, 7) is 4.60. The first-order valence-corrected chi connectivity index (χ1v) is 10.2. The van der Waals surface area contributed by atoms with Crippen molar-refractivity contribution < 1.29 is 9.59 Å². The maximum atomic E-state index is 12.9. The van der Waals surface area contributed by atoms with Gasteiger partial charge in [-0.3, -0.25) is 9.59 Å². The van der Waals surface area contributed by atoms with E-state index in [0.29, 0.717) is 13.0 Å². The van der Waals surface area contributed by atoms with E-state index >= 15 is 0 Å². The lowest BCUT2D eigenvalue weighted by atomic mass is 9.89. The van der Waals surface area contributed by atoms with Crippen LogP contribution in [0.4, 0.5) is 5.69 Å². The van der Waals surface area contributed by atoms with Crippen molar-refractivity contribution in [1.82, 2.24) is 10.6 Å². The van der Waals surface area contributed by atoms with E-state index in [1.165, 1.54) is 11.1 Å². The summed E-state index contributed by atoms with van der Waals surface area (Å²) in [6, 6.07) is 6.47. The van der Waals surface area contributed by atoms with E-state index in [1.54, 1.807) is 0 Å². The third kappa shape index (κ3) is 4.43. The van der Waals surface area contributed by atoms with Crippen LogP contribution in [-0.4, -0.2) is 36.5 Å². The molecule has 2 atom stereocenters. The third-order valence-corrected chi connectivity index (χ3v) is 5.94. The van der Waals surface area contributed by atoms with Gasteiger partial charge < -0.3 is 21.7 Å². The van der Waals surface area contributed by atoms with Crippen LogP contribution in [0.5, 0.6) is 0 Å². The van der Waals surface area contributed by atoms with Crippen molar-refractivity contribution in [2.45, 2.75) is 76.4 Å². The normalized spacial score (nSPS) is 26.8. The Bertz CT molecular complexity index is 683. The first-order valence-electron chi connectivity index (χ1n) is 10.2. The maximum absolute atomic E-state index is 12.9. The summed E-state index contributed by atoms with van der Waals surface area (Å²) < 4.78 is 0. The minimum absolute atomic E-state index is 0.0269. The molecule has 0 radical (unpaired) electrons. The van der Waals surface area contributed by atoms with Crippen LogP contribution in [0.2, 0.25) is 0 Å². The number of nitrogens with one attached hydrogen (secondary N) is 3. The van der Waals surface area contributed by atoms with E-state index in [4.69, 9.17) is 5.73 Å². The van der Waals surface area contributed by atoms with E-state index in [1.807, 2.05) is 0 Å². The Morgan fingerprint density at radius 1 is 1.15 bits per heavy atom. The van der Waals surface area contributed by atoms with Crippen molar-refractivity contribution in [1.29, 1.82) is 0 Å². The lowest BCUT2D eigenvalue weighted by molar-refractivity contribution is -0.124. The first-order chi connectivity index (χ1) is 13.0. The number of hydrogen-bond donors (Lipinski definition) is 4. The highest BCUT2D eigenvalue weighted by Gasteiger charge is 2.37. The number of aryl methyl sites for hydroxylation is 1. The third-order valence-electron chi connectivity index (χ3n) is 5.94. The number of carbonyl (C=O) groups is 2. The molecular formula is C21H32N4O2. The lowest BCUT2D eigenvalue weighted by Crippen LogP contribution is -2.48. The van der Waals surface area contributed by atoms with Crippen LogP contribution < -0.4 is 21.7 Å². The van der Waals surface area contributed by atoms with Crippen LogP contribution in [0, 0.1) is 6.92 Å². The van der Waals surface area contributed by atoms with Gasteiger partial charge in [0.25, 0.3) is 0 Å². The highest BCUT2D eigenvalue weighted by molar-refractivity contribution is 5.89. The number of anilines is 1. The molecule has 1 aromatic carbocycles. The molecule has 6 heteroatoms. The molecule has 148 valence electrons. The monoisotopic (exact) mass is 372 g/mol. The van der Waals surface area contributed by atoms with Crippen molar-refractivity contribution in [2.24, 2.45) is 5.73 Å². The highest BCUT2D eigenvalue weighted by Crippen LogP contribution is 2.40. The summed E-state index contributed by atoms with van der Waals surface area (Å²) >= 11 is 0. The van der Waals surface area contributed by atoms with Crippen molar-refractivity contribution in [3.8, 4) is 0 Å². The highest BCUT2D eigenvalue weighted by atomic mass is 16.2. The van der Waals surface area contributed by atoms with E-state index in [-0.39, 0.29) is 35.9 Å². The number of rotatable bonds is 6. The van der Waals surface area contributed by atoms with Crippen LogP contribution >= 0.6 is 0 Å². The molecule has 2 unspecified atom stereocenters. The largest absolute Gasteiger partial charge is 0.373 e. The van der Waals surface area contributed by atoms with E-state index in [0.717, 1.165) is 37.8 Å². The van der Waals surface area contributed by atoms with Gasteiger partial charge in [0.05, 0.1) is 0 Å². The van der Waals surface area contributed by atoms with Crippen molar-refractivity contribution >= 4 is 17.5 Å². The summed E-state index contributed by atoms with van der Waals surface area (Å²) in [5, 5.41) is 9.74. The predicted molar refractivity (Wildman–Crippen MR) is 108 cm³/mol. The van der Waals surface area contributed by atoms with Gasteiger partial charge in [0.15, 0.2) is 0 Å². The van der Waals surface area contributed by atoms with Gasteiger partial charge in [0.2, 0.25) is 11.8 Å². The number of amides is 2. The summed E-state index contributed by atoms with van der Waals surface area (Å²) in [4.78, 5) is 24.6. The Kier molecular flexibility index (Phi) is 6.37. The number of fused-ring (bicyclic) bond motifs is 1. The fourth-order valence-electron chi connectivity index (χ4n) is 4.44. The molecule has 0 aromatic heterocycles. The van der Waals surface area contributed by atoms with E-state index in [2.05, 4.69) is 48.0 Å². The average Bonchev–Trinajstić information content (AvgIpc) is 3.04. The molecule has 27 heavy (non-hydrogen) atoms. The van der Waals surface area contributed by atoms with Gasteiger partial charge in [-0.1, -0.05) is 25.1 Å². The van der Waals surface area contributed by atoms with Crippen LogP contribution in [0.25, 0.3) is 0 Å². The quantitative estimate of drug-likeness (QED) is 0.615. The molecule has 1 aliphatic heterocycles. The zero-order valence-electron chi connectivity index (χ0n) is 16.4. The van der Waals surface area contributed by atoms with Crippen LogP contribution in [0.15, 0.2) is 18.2 Å². The van der Waals surface area contributed by atoms with Gasteiger partial charge >= 0.3 is 0 Å². The topological polar surface area (TPSA) is 96.2 Å². The second kappa shape index (κ2) is 8.74. The number of nitrogens with two attached hydrogens (primary N) is 1. The zero-order valence-corrected chi connectivity index (χ0v) is 16.4. The molecule has 1 fully saturated rings. The minimum Gasteiger partial charge on any atom is -0.373 e. The van der Waals surface area contributed by atoms with Crippen molar-refractivity contribution in [3.63, 3.8) is 0 Å². The van der Waals surface area contributed by atoms with Gasteiger partial charge in [0.1, 0.15) is 6.04 Å². The van der Waals surface area contributed by atoms with Gasteiger partial charge in [-0.2, -0.15) is 0 Å². The predicted octanol–water partition coefficient (Wildman–Crippen LogP) is 2.18. The van der Waals surface area contributed by atoms with E-state index < -0.39 is 0 Å². The molecule has 2 aliphatic rings. The Labute approximate surface area is 161 Å². The number of hydrogen-bond acceptors (Lipinski definition) is 4. The molecule has 0 spiro atoms. The molecule has 3 rings (SSSR count). The second-order valence-corrected chi connectivity index (χ2v) is 7.84. The number of benzene rings is 1. The molecule has 0 bridgehead atoms. The molecular weight excluding hydrogens is 340 g/mol. The second-order valence-electron chi connectivity index (χ2n) is 7.84. The summed E-state index contributed by atoms with van der Waals surface area (Å²) in [5.74, 6) is 0.332. The summed E-state index contributed by atoms with van der Waals surface area (Å²) in [7, 11) is 0. The summed E-state index contributed by atoms with van der Waals surface area (Å²) in [5.41, 5.74) is 8.99. The molecule has 1 aliphatic carbocycles. The molecule has 0 saturated heterocycles. The molecule has 6 nitrogen and oxygen atoms in total. The molecule has 1 aromatic rings. The van der Waals surface area contributed by atoms with Crippen molar-refractivity contribution in [3.05, 3.63) is 29.3 Å². The minimum atomic E-state index is -0.201. The smallest absolute Gasteiger partial charge is 0.243 e. The van der Waals surface area contributed by atoms with Gasteiger partial charge in [-0.05, 0) is 50.2 Å². The fraction of sp³-hybridized carbons (Fsp3) is 0.619. The SMILES string of the molecule is CCC1c2cccc(C)c2NC1C(=O)N[C@H]1CC[C@H](NC(=O)CCN)CC1. The fourth-order valence-corrected chi connectivity index (χ4v) is 4.44. The molecule has 2 amide bonds. The Balaban J connectivity index is 1.53. The Morgan fingerprint density at radius 2 is 1.81 bits per heavy atom. The van der Waals surface area contributed by atoms with Gasteiger partial charge in [-0.15, -0.1) is 0 Å². The van der Waals surface area contributed by atoms with Gasteiger partial charge in [-0.25, -0.2) is 0 Å². The Morgan fingerprint density at radius 3 is 2.44 bits per heavy atom. The van der Waals surface area contributed by atoms with Crippen LogP contribution in [-0.2, 0) is 9.59 Å². The molecule has 1 saturated carbocycles. The van der Waals surface area contributed by atoms with Gasteiger partial charge in [0, 0.05) is 36.7 Å². The zero-order chi connectivity index (χ0) is 19.4. The summed E-state index contributed by atoms with van der Waals surface area (Å²) in [6.07, 6.45) is 4.90. The van der Waals surface area contributed by atoms with Crippen LogP contribution in [0.1, 0.15) is 62.5 Å². The average molecular weight is 373 g/mol. The first kappa shape index (κ1) is 19.7. The number of carbonyl (C=O) groups excluding carboxylic acids is 2. The number of para-hydroxylation sites is 1. The Hall–Kier alpha value is -2.08. The van der Waals surface area contributed by atoms with Crippen LogP contribution in [0.3, 0.4) is 0 Å². The standard InChI is InChI=1S/C21H32N4O2/c1-3-16-17-6-4-5-13(2)19(17)25-20(16)21(27)24-15-9-7-14(8-10-15)23-18(26)11-12-22/h4-6,14-16,20,25H,3,7-12,22H2,1-2H3,(H,23,26)(H,24,27)/t14-,15-,16?,20?. The molecule has 5 N–H and O–H groups in total. The van der Waals surface area contributed by atoms with E-state index in [9.17, 15) is 9.59 Å². The lowest BCUT2D eigenvalue weighted by Gasteiger charge is -2.31. The van der Waals surface area contributed by atoms with Crippen molar-refractivity contribution in [2.75, 3.05) is 11.9 Å². The molecule has 1 heterocycles. The maximum Gasteiger partial charge on any atom is 0.243 e.